The van der Waals surface area contributed by atoms with Crippen LogP contribution in [0.2, 0.25) is 0 Å². The zero-order valence-electron chi connectivity index (χ0n) is 11.1. The molecule has 0 aromatic heterocycles. The summed E-state index contributed by atoms with van der Waals surface area (Å²) in [4.78, 5) is 13.5. The van der Waals surface area contributed by atoms with Crippen LogP contribution in [0.25, 0.3) is 0 Å². The van der Waals surface area contributed by atoms with E-state index in [2.05, 4.69) is 6.58 Å². The third kappa shape index (κ3) is 5.22. The fourth-order valence-electron chi connectivity index (χ4n) is 1.67. The second-order valence-corrected chi connectivity index (χ2v) is 5.29. The van der Waals surface area contributed by atoms with Crippen LogP contribution in [0.4, 0.5) is 4.79 Å². The largest absolute Gasteiger partial charge is 0.444 e. The summed E-state index contributed by atoms with van der Waals surface area (Å²) in [5.41, 5.74) is -0.432. The topological polar surface area (TPSA) is 38.8 Å². The number of rotatable bonds is 4. The SMILES string of the molecule is C=CCCO[C@@H]1CCN(C(=O)OC(C)(C)C)C1. The van der Waals surface area contributed by atoms with E-state index in [1.54, 1.807) is 4.90 Å². The van der Waals surface area contributed by atoms with Crippen molar-refractivity contribution < 1.29 is 14.3 Å². The van der Waals surface area contributed by atoms with E-state index in [4.69, 9.17) is 9.47 Å². The summed E-state index contributed by atoms with van der Waals surface area (Å²) in [5, 5.41) is 0. The van der Waals surface area contributed by atoms with Gasteiger partial charge in [0.25, 0.3) is 0 Å². The summed E-state index contributed by atoms with van der Waals surface area (Å²) in [6, 6.07) is 0. The van der Waals surface area contributed by atoms with Gasteiger partial charge in [0.05, 0.1) is 19.3 Å². The molecule has 4 nitrogen and oxygen atoms in total. The Bertz CT molecular complexity index is 270. The summed E-state index contributed by atoms with van der Waals surface area (Å²) >= 11 is 0. The predicted molar refractivity (Wildman–Crippen MR) is 67.0 cm³/mol. The van der Waals surface area contributed by atoms with Crippen LogP contribution in [0.3, 0.4) is 0 Å². The van der Waals surface area contributed by atoms with Crippen LogP contribution in [0.1, 0.15) is 33.6 Å². The lowest BCUT2D eigenvalue weighted by atomic mass is 10.2. The molecule has 1 atom stereocenters. The Balaban J connectivity index is 2.29. The van der Waals surface area contributed by atoms with Gasteiger partial charge in [-0.3, -0.25) is 0 Å². The standard InChI is InChI=1S/C13H23NO3/c1-5-6-9-16-11-7-8-14(10-11)12(15)17-13(2,3)4/h5,11H,1,6-10H2,2-4H3/t11-/m1/s1. The van der Waals surface area contributed by atoms with E-state index in [0.29, 0.717) is 19.7 Å². The molecule has 0 bridgehead atoms. The highest BCUT2D eigenvalue weighted by atomic mass is 16.6. The fraction of sp³-hybridized carbons (Fsp3) is 0.769. The van der Waals surface area contributed by atoms with Crippen LogP contribution >= 0.6 is 0 Å². The highest BCUT2D eigenvalue weighted by Crippen LogP contribution is 2.17. The lowest BCUT2D eigenvalue weighted by molar-refractivity contribution is 0.0215. The smallest absolute Gasteiger partial charge is 0.410 e. The molecule has 17 heavy (non-hydrogen) atoms. The first-order chi connectivity index (χ1) is 7.92. The predicted octanol–water partition coefficient (Wildman–Crippen LogP) is 2.59. The van der Waals surface area contributed by atoms with Crippen molar-refractivity contribution in [2.75, 3.05) is 19.7 Å². The molecule has 1 heterocycles. The maximum atomic E-state index is 11.8. The van der Waals surface area contributed by atoms with Crippen LogP contribution in [-0.4, -0.2) is 42.4 Å². The van der Waals surface area contributed by atoms with Crippen molar-refractivity contribution in [3.05, 3.63) is 12.7 Å². The molecule has 0 unspecified atom stereocenters. The number of hydrogen-bond acceptors (Lipinski definition) is 3. The second-order valence-electron chi connectivity index (χ2n) is 5.29. The molecule has 0 aromatic carbocycles. The van der Waals surface area contributed by atoms with Gasteiger partial charge in [0, 0.05) is 6.54 Å². The molecule has 0 N–H and O–H groups in total. The molecule has 1 aliphatic rings. The molecule has 98 valence electrons. The maximum absolute atomic E-state index is 11.8. The van der Waals surface area contributed by atoms with E-state index in [0.717, 1.165) is 12.8 Å². The van der Waals surface area contributed by atoms with E-state index in [1.165, 1.54) is 0 Å². The Kier molecular flexibility index (Phi) is 5.00. The minimum atomic E-state index is -0.432. The Labute approximate surface area is 104 Å². The molecule has 1 amide bonds. The maximum Gasteiger partial charge on any atom is 0.410 e. The van der Waals surface area contributed by atoms with E-state index < -0.39 is 5.60 Å². The van der Waals surface area contributed by atoms with Gasteiger partial charge in [0.2, 0.25) is 0 Å². The molecule has 0 aliphatic carbocycles. The van der Waals surface area contributed by atoms with Crippen LogP contribution in [0.15, 0.2) is 12.7 Å². The van der Waals surface area contributed by atoms with Gasteiger partial charge < -0.3 is 14.4 Å². The van der Waals surface area contributed by atoms with Crippen molar-refractivity contribution in [1.29, 1.82) is 0 Å². The third-order valence-electron chi connectivity index (χ3n) is 2.47. The normalized spacial score (nSPS) is 20.4. The Morgan fingerprint density at radius 1 is 1.53 bits per heavy atom. The van der Waals surface area contributed by atoms with Gasteiger partial charge in [0.1, 0.15) is 5.60 Å². The Morgan fingerprint density at radius 3 is 2.82 bits per heavy atom. The average molecular weight is 241 g/mol. The molecule has 0 aromatic rings. The van der Waals surface area contributed by atoms with Crippen LogP contribution in [-0.2, 0) is 9.47 Å². The van der Waals surface area contributed by atoms with Crippen LogP contribution in [0.5, 0.6) is 0 Å². The molecule has 0 saturated carbocycles. The summed E-state index contributed by atoms with van der Waals surface area (Å²) < 4.78 is 10.9. The molecular formula is C13H23NO3. The lowest BCUT2D eigenvalue weighted by Gasteiger charge is -2.24. The van der Waals surface area contributed by atoms with E-state index in [-0.39, 0.29) is 12.2 Å². The number of nitrogens with zero attached hydrogens (tertiary/aromatic N) is 1. The molecule has 1 fully saturated rings. The molecular weight excluding hydrogens is 218 g/mol. The zero-order valence-corrected chi connectivity index (χ0v) is 11.1. The van der Waals surface area contributed by atoms with E-state index in [1.807, 2.05) is 26.8 Å². The quantitative estimate of drug-likeness (QED) is 0.561. The van der Waals surface area contributed by atoms with Crippen molar-refractivity contribution in [2.24, 2.45) is 0 Å². The minimum Gasteiger partial charge on any atom is -0.444 e. The van der Waals surface area contributed by atoms with Gasteiger partial charge in [-0.15, -0.1) is 6.58 Å². The van der Waals surface area contributed by atoms with Crippen LogP contribution in [0, 0.1) is 0 Å². The monoisotopic (exact) mass is 241 g/mol. The van der Waals surface area contributed by atoms with Gasteiger partial charge in [-0.05, 0) is 33.6 Å². The lowest BCUT2D eigenvalue weighted by Crippen LogP contribution is -2.36. The first kappa shape index (κ1) is 14.0. The highest BCUT2D eigenvalue weighted by Gasteiger charge is 2.29. The van der Waals surface area contributed by atoms with Crippen molar-refractivity contribution in [3.63, 3.8) is 0 Å². The van der Waals surface area contributed by atoms with Crippen molar-refractivity contribution in [1.82, 2.24) is 4.90 Å². The fourth-order valence-corrected chi connectivity index (χ4v) is 1.67. The van der Waals surface area contributed by atoms with Gasteiger partial charge in [-0.2, -0.15) is 0 Å². The van der Waals surface area contributed by atoms with Crippen molar-refractivity contribution in [3.8, 4) is 0 Å². The number of amides is 1. The summed E-state index contributed by atoms with van der Waals surface area (Å²) in [7, 11) is 0. The number of hydrogen-bond donors (Lipinski definition) is 0. The number of ether oxygens (including phenoxy) is 2. The van der Waals surface area contributed by atoms with Gasteiger partial charge in [-0.25, -0.2) is 4.79 Å². The van der Waals surface area contributed by atoms with Crippen LogP contribution < -0.4 is 0 Å². The molecule has 1 rings (SSSR count). The number of carbonyl (C=O) groups excluding carboxylic acids is 1. The number of likely N-dealkylation sites (tertiary alicyclic amines) is 1. The Morgan fingerprint density at radius 2 is 2.24 bits per heavy atom. The molecule has 1 saturated heterocycles. The molecule has 0 radical (unpaired) electrons. The van der Waals surface area contributed by atoms with Gasteiger partial charge in [-0.1, -0.05) is 6.08 Å². The third-order valence-corrected chi connectivity index (χ3v) is 2.47. The van der Waals surface area contributed by atoms with Gasteiger partial charge >= 0.3 is 6.09 Å². The van der Waals surface area contributed by atoms with Crippen molar-refractivity contribution >= 4 is 6.09 Å². The first-order valence-corrected chi connectivity index (χ1v) is 6.13. The average Bonchev–Trinajstić information content (AvgIpc) is 2.64. The Hall–Kier alpha value is -1.03. The molecule has 1 aliphatic heterocycles. The van der Waals surface area contributed by atoms with Gasteiger partial charge in [0.15, 0.2) is 0 Å². The number of carbonyl (C=O) groups is 1. The summed E-state index contributed by atoms with van der Waals surface area (Å²) in [6.07, 6.45) is 3.47. The molecule has 4 heteroatoms. The van der Waals surface area contributed by atoms with Crippen molar-refractivity contribution in [2.45, 2.75) is 45.3 Å². The molecule has 0 spiro atoms. The minimum absolute atomic E-state index is 0.141. The highest BCUT2D eigenvalue weighted by molar-refractivity contribution is 5.68. The first-order valence-electron chi connectivity index (χ1n) is 6.13. The summed E-state index contributed by atoms with van der Waals surface area (Å²) in [5.74, 6) is 0. The van der Waals surface area contributed by atoms with E-state index in [9.17, 15) is 4.79 Å². The van der Waals surface area contributed by atoms with E-state index >= 15 is 0 Å². The zero-order chi connectivity index (χ0) is 12.9. The summed E-state index contributed by atoms with van der Waals surface area (Å²) in [6.45, 7) is 11.3. The second kappa shape index (κ2) is 6.05.